The highest BCUT2D eigenvalue weighted by atomic mass is 35.5. The van der Waals surface area contributed by atoms with Crippen LogP contribution in [-0.4, -0.2) is 36.7 Å². The van der Waals surface area contributed by atoms with Crippen LogP contribution in [-0.2, 0) is 9.53 Å². The Morgan fingerprint density at radius 2 is 2.28 bits per heavy atom. The molecule has 0 atom stereocenters. The van der Waals surface area contributed by atoms with Crippen molar-refractivity contribution in [1.29, 1.82) is 0 Å². The standard InChI is InChI=1S/C12H16ClN3O2/c13-11-2-1-9(7-15-11)16-12(17)8-18-10-3-5-14-6-4-10/h1-2,7,10,14H,3-6,8H2,(H,16,17). The van der Waals surface area contributed by atoms with E-state index < -0.39 is 0 Å². The third-order valence-electron chi connectivity index (χ3n) is 2.75. The quantitative estimate of drug-likeness (QED) is 0.812. The molecule has 2 N–H and O–H groups in total. The zero-order chi connectivity index (χ0) is 12.8. The van der Waals surface area contributed by atoms with E-state index in [0.29, 0.717) is 10.8 Å². The van der Waals surface area contributed by atoms with Crippen LogP contribution in [0.1, 0.15) is 12.8 Å². The first kappa shape index (κ1) is 13.3. The monoisotopic (exact) mass is 269 g/mol. The lowest BCUT2D eigenvalue weighted by atomic mass is 10.1. The van der Waals surface area contributed by atoms with Crippen LogP contribution in [0.15, 0.2) is 18.3 Å². The first-order chi connectivity index (χ1) is 8.74. The normalized spacial score (nSPS) is 16.5. The summed E-state index contributed by atoms with van der Waals surface area (Å²) >= 11 is 5.66. The molecule has 1 amide bonds. The van der Waals surface area contributed by atoms with Crippen LogP contribution >= 0.6 is 11.6 Å². The fraction of sp³-hybridized carbons (Fsp3) is 0.500. The fourth-order valence-electron chi connectivity index (χ4n) is 1.80. The molecule has 1 saturated heterocycles. The van der Waals surface area contributed by atoms with Gasteiger partial charge >= 0.3 is 0 Å². The Kier molecular flexibility index (Phi) is 4.92. The van der Waals surface area contributed by atoms with Gasteiger partial charge in [-0.15, -0.1) is 0 Å². The van der Waals surface area contributed by atoms with Crippen LogP contribution in [0, 0.1) is 0 Å². The molecule has 1 aromatic heterocycles. The molecule has 98 valence electrons. The van der Waals surface area contributed by atoms with Crippen molar-refractivity contribution in [2.24, 2.45) is 0 Å². The van der Waals surface area contributed by atoms with E-state index in [1.807, 2.05) is 0 Å². The molecule has 0 aliphatic carbocycles. The molecule has 6 heteroatoms. The first-order valence-electron chi connectivity index (χ1n) is 5.98. The van der Waals surface area contributed by atoms with Crippen molar-refractivity contribution in [1.82, 2.24) is 10.3 Å². The predicted octanol–water partition coefficient (Wildman–Crippen LogP) is 1.44. The Bertz CT molecular complexity index is 391. The second kappa shape index (κ2) is 6.68. The molecule has 1 aromatic rings. The van der Waals surface area contributed by atoms with Crippen LogP contribution in [0.25, 0.3) is 0 Å². The van der Waals surface area contributed by atoms with Crippen LogP contribution < -0.4 is 10.6 Å². The number of ether oxygens (including phenoxy) is 1. The second-order valence-electron chi connectivity index (χ2n) is 4.18. The lowest BCUT2D eigenvalue weighted by Gasteiger charge is -2.22. The molecule has 2 heterocycles. The zero-order valence-corrected chi connectivity index (χ0v) is 10.7. The van der Waals surface area contributed by atoms with Gasteiger partial charge in [-0.05, 0) is 38.1 Å². The Balaban J connectivity index is 1.73. The summed E-state index contributed by atoms with van der Waals surface area (Å²) in [5.41, 5.74) is 0.623. The first-order valence-corrected chi connectivity index (χ1v) is 6.35. The minimum atomic E-state index is -0.169. The van der Waals surface area contributed by atoms with Crippen LogP contribution in [0.5, 0.6) is 0 Å². The number of hydrogen-bond acceptors (Lipinski definition) is 4. The summed E-state index contributed by atoms with van der Waals surface area (Å²) < 4.78 is 5.54. The van der Waals surface area contributed by atoms with E-state index in [9.17, 15) is 4.79 Å². The SMILES string of the molecule is O=C(COC1CCNCC1)Nc1ccc(Cl)nc1. The van der Waals surface area contributed by atoms with Gasteiger partial charge in [0.25, 0.3) is 0 Å². The number of pyridine rings is 1. The minimum Gasteiger partial charge on any atom is -0.368 e. The van der Waals surface area contributed by atoms with Gasteiger partial charge in [0.15, 0.2) is 0 Å². The maximum atomic E-state index is 11.6. The van der Waals surface area contributed by atoms with Crippen molar-refractivity contribution in [3.05, 3.63) is 23.5 Å². The van der Waals surface area contributed by atoms with Crippen molar-refractivity contribution in [2.45, 2.75) is 18.9 Å². The molecule has 18 heavy (non-hydrogen) atoms. The maximum Gasteiger partial charge on any atom is 0.250 e. The van der Waals surface area contributed by atoms with Crippen LogP contribution in [0.4, 0.5) is 5.69 Å². The molecule has 1 aliphatic rings. The molecule has 5 nitrogen and oxygen atoms in total. The lowest BCUT2D eigenvalue weighted by Crippen LogP contribution is -2.34. The number of piperidine rings is 1. The van der Waals surface area contributed by atoms with Gasteiger partial charge in [0, 0.05) is 0 Å². The molecule has 1 aliphatic heterocycles. The molecule has 0 aromatic carbocycles. The Morgan fingerprint density at radius 1 is 1.50 bits per heavy atom. The van der Waals surface area contributed by atoms with Gasteiger partial charge in [0.1, 0.15) is 11.8 Å². The fourth-order valence-corrected chi connectivity index (χ4v) is 1.91. The number of halogens is 1. The number of carbonyl (C=O) groups excluding carboxylic acids is 1. The summed E-state index contributed by atoms with van der Waals surface area (Å²) in [6.07, 6.45) is 3.61. The van der Waals surface area contributed by atoms with E-state index in [2.05, 4.69) is 15.6 Å². The Hall–Kier alpha value is -1.17. The number of hydrogen-bond donors (Lipinski definition) is 2. The number of amides is 1. The van der Waals surface area contributed by atoms with Gasteiger partial charge in [-0.1, -0.05) is 11.6 Å². The smallest absolute Gasteiger partial charge is 0.250 e. The highest BCUT2D eigenvalue weighted by Crippen LogP contribution is 2.10. The number of nitrogens with one attached hydrogen (secondary N) is 2. The molecule has 0 radical (unpaired) electrons. The minimum absolute atomic E-state index is 0.0767. The molecule has 1 fully saturated rings. The van der Waals surface area contributed by atoms with Gasteiger partial charge in [-0.2, -0.15) is 0 Å². The molecule has 0 unspecified atom stereocenters. The van der Waals surface area contributed by atoms with Crippen molar-refractivity contribution in [2.75, 3.05) is 25.0 Å². The summed E-state index contributed by atoms with van der Waals surface area (Å²) in [5.74, 6) is -0.169. The van der Waals surface area contributed by atoms with Gasteiger partial charge in [0.05, 0.1) is 18.0 Å². The number of nitrogens with zero attached hydrogens (tertiary/aromatic N) is 1. The lowest BCUT2D eigenvalue weighted by molar-refractivity contribution is -0.123. The number of carbonyl (C=O) groups is 1. The van der Waals surface area contributed by atoms with Crippen molar-refractivity contribution < 1.29 is 9.53 Å². The zero-order valence-electron chi connectivity index (χ0n) is 9.99. The third-order valence-corrected chi connectivity index (χ3v) is 2.97. The predicted molar refractivity (Wildman–Crippen MR) is 69.7 cm³/mol. The summed E-state index contributed by atoms with van der Waals surface area (Å²) in [6, 6.07) is 3.34. The molecule has 0 saturated carbocycles. The van der Waals surface area contributed by atoms with E-state index in [1.54, 1.807) is 12.1 Å². The van der Waals surface area contributed by atoms with Crippen molar-refractivity contribution >= 4 is 23.2 Å². The molecular weight excluding hydrogens is 254 g/mol. The van der Waals surface area contributed by atoms with Crippen molar-refractivity contribution in [3.63, 3.8) is 0 Å². The number of anilines is 1. The van der Waals surface area contributed by atoms with Crippen LogP contribution in [0.3, 0.4) is 0 Å². The topological polar surface area (TPSA) is 63.2 Å². The summed E-state index contributed by atoms with van der Waals surface area (Å²) in [5, 5.41) is 6.36. The molecule has 0 spiro atoms. The average molecular weight is 270 g/mol. The molecular formula is C12H16ClN3O2. The highest BCUT2D eigenvalue weighted by molar-refractivity contribution is 6.29. The van der Waals surface area contributed by atoms with Gasteiger partial charge in [0.2, 0.25) is 5.91 Å². The molecule has 2 rings (SSSR count). The summed E-state index contributed by atoms with van der Waals surface area (Å²) in [4.78, 5) is 15.5. The van der Waals surface area contributed by atoms with Crippen LogP contribution in [0.2, 0.25) is 5.15 Å². The largest absolute Gasteiger partial charge is 0.368 e. The number of aromatic nitrogens is 1. The third kappa shape index (κ3) is 4.25. The summed E-state index contributed by atoms with van der Waals surface area (Å²) in [6.45, 7) is 1.98. The molecule has 0 bridgehead atoms. The summed E-state index contributed by atoms with van der Waals surface area (Å²) in [7, 11) is 0. The average Bonchev–Trinajstić information content (AvgIpc) is 2.40. The maximum absolute atomic E-state index is 11.6. The highest BCUT2D eigenvalue weighted by Gasteiger charge is 2.14. The van der Waals surface area contributed by atoms with Gasteiger partial charge < -0.3 is 15.4 Å². The second-order valence-corrected chi connectivity index (χ2v) is 4.57. The van der Waals surface area contributed by atoms with E-state index in [-0.39, 0.29) is 18.6 Å². The number of rotatable bonds is 4. The Morgan fingerprint density at radius 3 is 2.94 bits per heavy atom. The van der Waals surface area contributed by atoms with E-state index in [4.69, 9.17) is 16.3 Å². The van der Waals surface area contributed by atoms with E-state index in [1.165, 1.54) is 6.20 Å². The van der Waals surface area contributed by atoms with E-state index >= 15 is 0 Å². The Labute approximate surface area is 111 Å². The van der Waals surface area contributed by atoms with Crippen molar-refractivity contribution in [3.8, 4) is 0 Å². The van der Waals surface area contributed by atoms with Gasteiger partial charge in [-0.3, -0.25) is 4.79 Å². The van der Waals surface area contributed by atoms with Gasteiger partial charge in [-0.25, -0.2) is 4.98 Å². The van der Waals surface area contributed by atoms with E-state index in [0.717, 1.165) is 25.9 Å².